The second-order valence-corrected chi connectivity index (χ2v) is 7.80. The van der Waals surface area contributed by atoms with Gasteiger partial charge in [0, 0.05) is 30.2 Å². The molecule has 2 aliphatic heterocycles. The van der Waals surface area contributed by atoms with Crippen LogP contribution in [0.5, 0.6) is 5.75 Å². The molecule has 1 aromatic rings. The molecule has 2 atom stereocenters. The summed E-state index contributed by atoms with van der Waals surface area (Å²) in [6.07, 6.45) is 3.93. The van der Waals surface area contributed by atoms with E-state index in [1.807, 2.05) is 24.0 Å². The molecule has 0 bridgehead atoms. The number of carbonyl (C=O) groups excluding carboxylic acids is 2. The summed E-state index contributed by atoms with van der Waals surface area (Å²) >= 11 is 6.09. The van der Waals surface area contributed by atoms with Crippen molar-refractivity contribution in [2.75, 3.05) is 32.8 Å². The van der Waals surface area contributed by atoms with Crippen LogP contribution >= 0.6 is 11.6 Å². The minimum atomic E-state index is -0.0549. The summed E-state index contributed by atoms with van der Waals surface area (Å²) in [5.41, 5.74) is 0.840. The molecule has 2 aliphatic rings. The highest BCUT2D eigenvalue weighted by Crippen LogP contribution is 2.25. The maximum absolute atomic E-state index is 12.5. The van der Waals surface area contributed by atoms with E-state index in [1.54, 1.807) is 6.07 Å². The third kappa shape index (κ3) is 5.36. The van der Waals surface area contributed by atoms with E-state index in [2.05, 4.69) is 10.6 Å². The van der Waals surface area contributed by atoms with E-state index in [1.165, 1.54) is 0 Å². The number of carbonyl (C=O) groups is 2. The van der Waals surface area contributed by atoms with Crippen LogP contribution in [0, 0.1) is 12.8 Å². The largest absolute Gasteiger partial charge is 0.483 e. The second-order valence-electron chi connectivity index (χ2n) is 7.39. The van der Waals surface area contributed by atoms with Crippen LogP contribution in [0.1, 0.15) is 31.2 Å². The molecule has 2 fully saturated rings. The molecule has 2 heterocycles. The first kappa shape index (κ1) is 20.0. The van der Waals surface area contributed by atoms with E-state index in [0.717, 1.165) is 44.3 Å². The number of hydrogen-bond acceptors (Lipinski definition) is 4. The summed E-state index contributed by atoms with van der Waals surface area (Å²) < 4.78 is 5.68. The van der Waals surface area contributed by atoms with Gasteiger partial charge in [0.1, 0.15) is 5.75 Å². The molecule has 0 saturated carbocycles. The van der Waals surface area contributed by atoms with Crippen LogP contribution in [-0.2, 0) is 9.59 Å². The van der Waals surface area contributed by atoms with Crippen molar-refractivity contribution < 1.29 is 14.3 Å². The molecule has 7 heteroatoms. The standard InChI is InChI=1S/C20H28ClN3O3/c1-14-16(21)6-2-8-18(14)27-13-19(25)24-10-4-5-15(12-24)11-23-20(26)17-7-3-9-22-17/h2,6,8,15,17,22H,3-5,7,9-13H2,1H3,(H,23,26). The Morgan fingerprint density at radius 2 is 2.19 bits per heavy atom. The van der Waals surface area contributed by atoms with Crippen molar-refractivity contribution in [3.63, 3.8) is 0 Å². The summed E-state index contributed by atoms with van der Waals surface area (Å²) in [4.78, 5) is 26.5. The first-order chi connectivity index (χ1) is 13.0. The number of benzene rings is 1. The van der Waals surface area contributed by atoms with E-state index in [0.29, 0.717) is 29.8 Å². The molecule has 148 valence electrons. The average molecular weight is 394 g/mol. The molecule has 2 saturated heterocycles. The lowest BCUT2D eigenvalue weighted by Gasteiger charge is -2.33. The topological polar surface area (TPSA) is 70.7 Å². The van der Waals surface area contributed by atoms with Crippen molar-refractivity contribution in [3.05, 3.63) is 28.8 Å². The lowest BCUT2D eigenvalue weighted by Crippen LogP contribution is -2.47. The summed E-state index contributed by atoms with van der Waals surface area (Å²) in [5, 5.41) is 6.88. The first-order valence-electron chi connectivity index (χ1n) is 9.71. The van der Waals surface area contributed by atoms with E-state index >= 15 is 0 Å². The molecule has 3 rings (SSSR count). The molecular weight excluding hydrogens is 366 g/mol. The van der Waals surface area contributed by atoms with Crippen molar-refractivity contribution in [2.24, 2.45) is 5.92 Å². The van der Waals surface area contributed by atoms with Gasteiger partial charge in [0.2, 0.25) is 5.91 Å². The van der Waals surface area contributed by atoms with E-state index in [4.69, 9.17) is 16.3 Å². The van der Waals surface area contributed by atoms with Crippen molar-refractivity contribution in [3.8, 4) is 5.75 Å². The molecule has 1 aromatic carbocycles. The number of rotatable bonds is 6. The fourth-order valence-electron chi connectivity index (χ4n) is 3.71. The molecule has 0 aliphatic carbocycles. The monoisotopic (exact) mass is 393 g/mol. The van der Waals surface area contributed by atoms with Crippen LogP contribution in [0.25, 0.3) is 0 Å². The molecule has 0 aromatic heterocycles. The lowest BCUT2D eigenvalue weighted by molar-refractivity contribution is -0.135. The minimum Gasteiger partial charge on any atom is -0.483 e. The Labute approximate surface area is 165 Å². The predicted molar refractivity (Wildman–Crippen MR) is 105 cm³/mol. The van der Waals surface area contributed by atoms with Gasteiger partial charge in [-0.15, -0.1) is 0 Å². The van der Waals surface area contributed by atoms with Gasteiger partial charge in [0.15, 0.2) is 6.61 Å². The van der Waals surface area contributed by atoms with Crippen molar-refractivity contribution >= 4 is 23.4 Å². The Bertz CT molecular complexity index is 676. The average Bonchev–Trinajstić information content (AvgIpc) is 3.22. The third-order valence-corrected chi connectivity index (χ3v) is 5.79. The highest BCUT2D eigenvalue weighted by atomic mass is 35.5. The van der Waals surface area contributed by atoms with Crippen molar-refractivity contribution in [1.29, 1.82) is 0 Å². The van der Waals surface area contributed by atoms with E-state index in [9.17, 15) is 9.59 Å². The van der Waals surface area contributed by atoms with Gasteiger partial charge < -0.3 is 20.3 Å². The first-order valence-corrected chi connectivity index (χ1v) is 10.1. The number of piperidine rings is 1. The molecule has 2 amide bonds. The van der Waals surface area contributed by atoms with Crippen LogP contribution in [0.3, 0.4) is 0 Å². The quantitative estimate of drug-likeness (QED) is 0.776. The summed E-state index contributed by atoms with van der Waals surface area (Å²) in [5.74, 6) is 0.986. The Morgan fingerprint density at radius 1 is 1.33 bits per heavy atom. The van der Waals surface area contributed by atoms with Crippen LogP contribution in [0.15, 0.2) is 18.2 Å². The molecule has 0 radical (unpaired) electrons. The Hall–Kier alpha value is -1.79. The van der Waals surface area contributed by atoms with Gasteiger partial charge in [-0.25, -0.2) is 0 Å². The second kappa shape index (κ2) is 9.42. The van der Waals surface area contributed by atoms with Crippen molar-refractivity contribution in [2.45, 2.75) is 38.6 Å². The fourth-order valence-corrected chi connectivity index (χ4v) is 3.88. The van der Waals surface area contributed by atoms with Gasteiger partial charge in [-0.1, -0.05) is 17.7 Å². The maximum Gasteiger partial charge on any atom is 0.260 e. The molecule has 27 heavy (non-hydrogen) atoms. The summed E-state index contributed by atoms with van der Waals surface area (Å²) in [7, 11) is 0. The molecule has 6 nitrogen and oxygen atoms in total. The zero-order valence-electron chi connectivity index (χ0n) is 15.8. The SMILES string of the molecule is Cc1c(Cl)cccc1OCC(=O)N1CCCC(CNC(=O)C2CCCN2)C1. The number of ether oxygens (including phenoxy) is 1. The Balaban J connectivity index is 1.44. The van der Waals surface area contributed by atoms with Gasteiger partial charge in [0.25, 0.3) is 5.91 Å². The highest BCUT2D eigenvalue weighted by molar-refractivity contribution is 6.31. The number of halogens is 1. The van der Waals surface area contributed by atoms with Crippen LogP contribution in [-0.4, -0.2) is 55.5 Å². The maximum atomic E-state index is 12.5. The predicted octanol–water partition coefficient (Wildman–Crippen LogP) is 2.13. The minimum absolute atomic E-state index is 0.00621. The van der Waals surface area contributed by atoms with Crippen LogP contribution in [0.2, 0.25) is 5.02 Å². The summed E-state index contributed by atoms with van der Waals surface area (Å²) in [6.45, 7) is 4.82. The van der Waals surface area contributed by atoms with E-state index in [-0.39, 0.29) is 24.5 Å². The highest BCUT2D eigenvalue weighted by Gasteiger charge is 2.26. The molecule has 2 N–H and O–H groups in total. The number of nitrogens with zero attached hydrogens (tertiary/aromatic N) is 1. The summed E-state index contributed by atoms with van der Waals surface area (Å²) in [6, 6.07) is 5.38. The number of amides is 2. The van der Waals surface area contributed by atoms with E-state index < -0.39 is 0 Å². The van der Waals surface area contributed by atoms with Crippen LogP contribution < -0.4 is 15.4 Å². The number of hydrogen-bond donors (Lipinski definition) is 2. The Kier molecular flexibility index (Phi) is 6.96. The third-order valence-electron chi connectivity index (χ3n) is 5.38. The lowest BCUT2D eigenvalue weighted by atomic mass is 9.97. The van der Waals surface area contributed by atoms with Gasteiger partial charge in [0.05, 0.1) is 6.04 Å². The molecule has 0 spiro atoms. The zero-order chi connectivity index (χ0) is 19.2. The van der Waals surface area contributed by atoms with Crippen molar-refractivity contribution in [1.82, 2.24) is 15.5 Å². The zero-order valence-corrected chi connectivity index (χ0v) is 16.6. The Morgan fingerprint density at radius 3 is 2.96 bits per heavy atom. The van der Waals surface area contributed by atoms with Crippen LogP contribution in [0.4, 0.5) is 0 Å². The van der Waals surface area contributed by atoms with Gasteiger partial charge in [-0.2, -0.15) is 0 Å². The smallest absolute Gasteiger partial charge is 0.260 e. The van der Waals surface area contributed by atoms with Gasteiger partial charge in [-0.3, -0.25) is 9.59 Å². The molecule has 2 unspecified atom stereocenters. The van der Waals surface area contributed by atoms with Gasteiger partial charge in [-0.05, 0) is 57.2 Å². The molecular formula is C20H28ClN3O3. The fraction of sp³-hybridized carbons (Fsp3) is 0.600. The van der Waals surface area contributed by atoms with Gasteiger partial charge >= 0.3 is 0 Å². The number of likely N-dealkylation sites (tertiary alicyclic amines) is 1. The number of nitrogens with one attached hydrogen (secondary N) is 2. The normalized spacial score (nSPS) is 22.5.